The van der Waals surface area contributed by atoms with Crippen LogP contribution in [-0.2, 0) is 4.79 Å². The molecule has 3 rings (SSSR count). The number of amides is 1. The van der Waals surface area contributed by atoms with Crippen molar-refractivity contribution in [3.05, 3.63) is 22.8 Å². The van der Waals surface area contributed by atoms with Crippen molar-refractivity contribution >= 4 is 27.7 Å². The minimum absolute atomic E-state index is 0.0324. The first-order chi connectivity index (χ1) is 8.22. The fraction of sp³-hybridized carbons (Fsp3) is 0.500. The minimum Gasteiger partial charge on any atom is -0.309 e. The average molecular weight is 296 g/mol. The second-order valence-electron chi connectivity index (χ2n) is 4.73. The zero-order valence-corrected chi connectivity index (χ0v) is 10.9. The van der Waals surface area contributed by atoms with E-state index in [1.807, 2.05) is 12.1 Å². The van der Waals surface area contributed by atoms with Crippen molar-refractivity contribution in [1.82, 2.24) is 10.3 Å². The van der Waals surface area contributed by atoms with E-state index in [2.05, 4.69) is 31.5 Å². The summed E-state index contributed by atoms with van der Waals surface area (Å²) in [4.78, 5) is 16.2. The molecule has 5 heteroatoms. The third-order valence-electron chi connectivity index (χ3n) is 3.65. The standard InChI is InChI=1S/C12H14BrN3O/c13-10-2-1-3-11(15-10)16-12(17)9-6-7-4-5-8(7)14-9/h1-3,7-9,14H,4-6H2,(H,15,16,17)/t7-,8-,9+/m1/s1. The molecule has 0 bridgehead atoms. The van der Waals surface area contributed by atoms with Gasteiger partial charge in [-0.3, -0.25) is 4.79 Å². The zero-order valence-electron chi connectivity index (χ0n) is 9.32. The summed E-state index contributed by atoms with van der Waals surface area (Å²) in [5.41, 5.74) is 0. The Kier molecular flexibility index (Phi) is 2.88. The highest BCUT2D eigenvalue weighted by molar-refractivity contribution is 9.10. The highest BCUT2D eigenvalue weighted by atomic mass is 79.9. The number of hydrogen-bond donors (Lipinski definition) is 2. The average Bonchev–Trinajstić information content (AvgIpc) is 2.55. The highest BCUT2D eigenvalue weighted by Crippen LogP contribution is 2.37. The Morgan fingerprint density at radius 3 is 2.94 bits per heavy atom. The van der Waals surface area contributed by atoms with Crippen molar-refractivity contribution in [3.63, 3.8) is 0 Å². The second kappa shape index (κ2) is 4.38. The van der Waals surface area contributed by atoms with Gasteiger partial charge >= 0.3 is 0 Å². The number of rotatable bonds is 2. The van der Waals surface area contributed by atoms with Gasteiger partial charge in [-0.2, -0.15) is 0 Å². The number of nitrogens with zero attached hydrogens (tertiary/aromatic N) is 1. The first kappa shape index (κ1) is 11.2. The third-order valence-corrected chi connectivity index (χ3v) is 4.10. The lowest BCUT2D eigenvalue weighted by molar-refractivity contribution is -0.117. The predicted molar refractivity (Wildman–Crippen MR) is 68.6 cm³/mol. The Labute approximate surface area is 108 Å². The van der Waals surface area contributed by atoms with Crippen molar-refractivity contribution in [2.45, 2.75) is 31.3 Å². The summed E-state index contributed by atoms with van der Waals surface area (Å²) in [5.74, 6) is 1.34. The van der Waals surface area contributed by atoms with Crippen LogP contribution in [0.5, 0.6) is 0 Å². The molecular formula is C12H14BrN3O. The molecule has 17 heavy (non-hydrogen) atoms. The number of pyridine rings is 1. The van der Waals surface area contributed by atoms with Gasteiger partial charge in [-0.05, 0) is 53.2 Å². The number of nitrogens with one attached hydrogen (secondary N) is 2. The summed E-state index contributed by atoms with van der Waals surface area (Å²) in [6.45, 7) is 0. The highest BCUT2D eigenvalue weighted by Gasteiger charge is 2.42. The van der Waals surface area contributed by atoms with Gasteiger partial charge in [0.2, 0.25) is 5.91 Å². The van der Waals surface area contributed by atoms with Gasteiger partial charge < -0.3 is 10.6 Å². The van der Waals surface area contributed by atoms with Crippen molar-refractivity contribution < 1.29 is 4.79 Å². The fourth-order valence-corrected chi connectivity index (χ4v) is 2.92. The second-order valence-corrected chi connectivity index (χ2v) is 5.55. The summed E-state index contributed by atoms with van der Waals surface area (Å²) >= 11 is 3.29. The first-order valence-corrected chi connectivity index (χ1v) is 6.71. The molecule has 1 aromatic heterocycles. The van der Waals surface area contributed by atoms with Crippen molar-refractivity contribution in [2.24, 2.45) is 5.92 Å². The van der Waals surface area contributed by atoms with Crippen LogP contribution in [0.25, 0.3) is 0 Å². The molecule has 2 aliphatic rings. The molecule has 1 aromatic rings. The number of carbonyl (C=O) groups is 1. The van der Waals surface area contributed by atoms with E-state index in [0.29, 0.717) is 17.8 Å². The van der Waals surface area contributed by atoms with E-state index in [9.17, 15) is 4.79 Å². The van der Waals surface area contributed by atoms with E-state index in [1.165, 1.54) is 12.8 Å². The van der Waals surface area contributed by atoms with Crippen LogP contribution in [0, 0.1) is 5.92 Å². The van der Waals surface area contributed by atoms with Crippen LogP contribution < -0.4 is 10.6 Å². The molecule has 4 nitrogen and oxygen atoms in total. The summed E-state index contributed by atoms with van der Waals surface area (Å²) in [6.07, 6.45) is 3.44. The van der Waals surface area contributed by atoms with Crippen LogP contribution in [0.1, 0.15) is 19.3 Å². The van der Waals surface area contributed by atoms with E-state index in [0.717, 1.165) is 11.0 Å². The third kappa shape index (κ3) is 2.21. The minimum atomic E-state index is -0.0479. The van der Waals surface area contributed by atoms with Gasteiger partial charge in [-0.15, -0.1) is 0 Å². The first-order valence-electron chi connectivity index (χ1n) is 5.92. The van der Waals surface area contributed by atoms with Gasteiger partial charge in [0.15, 0.2) is 0 Å². The Morgan fingerprint density at radius 1 is 1.47 bits per heavy atom. The van der Waals surface area contributed by atoms with Gasteiger partial charge in [-0.25, -0.2) is 4.98 Å². The summed E-state index contributed by atoms with van der Waals surface area (Å²) in [5, 5.41) is 6.22. The molecule has 0 unspecified atom stereocenters. The lowest BCUT2D eigenvalue weighted by Crippen LogP contribution is -2.41. The quantitative estimate of drug-likeness (QED) is 0.820. The maximum atomic E-state index is 12.0. The smallest absolute Gasteiger partial charge is 0.242 e. The Morgan fingerprint density at radius 2 is 2.35 bits per heavy atom. The molecule has 1 saturated carbocycles. The lowest BCUT2D eigenvalue weighted by atomic mass is 9.80. The Hall–Kier alpha value is -0.940. The van der Waals surface area contributed by atoms with Crippen LogP contribution >= 0.6 is 15.9 Å². The van der Waals surface area contributed by atoms with Crippen LogP contribution in [0.4, 0.5) is 5.82 Å². The molecule has 0 aromatic carbocycles. The van der Waals surface area contributed by atoms with E-state index < -0.39 is 0 Å². The van der Waals surface area contributed by atoms with Crippen LogP contribution in [0.15, 0.2) is 22.8 Å². The van der Waals surface area contributed by atoms with Crippen molar-refractivity contribution in [1.29, 1.82) is 0 Å². The predicted octanol–water partition coefficient (Wildman–Crippen LogP) is 1.92. The van der Waals surface area contributed by atoms with Crippen LogP contribution in [-0.4, -0.2) is 23.0 Å². The van der Waals surface area contributed by atoms with Gasteiger partial charge in [-0.1, -0.05) is 6.07 Å². The fourth-order valence-electron chi connectivity index (χ4n) is 2.57. The number of fused-ring (bicyclic) bond motifs is 1. The molecule has 2 heterocycles. The van der Waals surface area contributed by atoms with Gasteiger partial charge in [0, 0.05) is 6.04 Å². The molecule has 0 radical (unpaired) electrons. The van der Waals surface area contributed by atoms with E-state index >= 15 is 0 Å². The molecular weight excluding hydrogens is 282 g/mol. The lowest BCUT2D eigenvalue weighted by Gasteiger charge is -2.29. The molecule has 90 valence electrons. The Balaban J connectivity index is 1.63. The molecule has 1 aliphatic heterocycles. The molecule has 1 amide bonds. The van der Waals surface area contributed by atoms with E-state index in [1.54, 1.807) is 6.07 Å². The number of anilines is 1. The molecule has 1 aliphatic carbocycles. The molecule has 1 saturated heterocycles. The topological polar surface area (TPSA) is 54.0 Å². The van der Waals surface area contributed by atoms with Gasteiger partial charge in [0.05, 0.1) is 6.04 Å². The van der Waals surface area contributed by atoms with Gasteiger partial charge in [0.1, 0.15) is 10.4 Å². The van der Waals surface area contributed by atoms with Crippen molar-refractivity contribution in [2.75, 3.05) is 5.32 Å². The monoisotopic (exact) mass is 295 g/mol. The van der Waals surface area contributed by atoms with E-state index in [4.69, 9.17) is 0 Å². The summed E-state index contributed by atoms with van der Waals surface area (Å²) in [6, 6.07) is 6.02. The zero-order chi connectivity index (χ0) is 11.8. The van der Waals surface area contributed by atoms with E-state index in [-0.39, 0.29) is 11.9 Å². The maximum Gasteiger partial charge on any atom is 0.242 e. The normalized spacial score (nSPS) is 30.5. The number of hydrogen-bond acceptors (Lipinski definition) is 3. The maximum absolute atomic E-state index is 12.0. The summed E-state index contributed by atoms with van der Waals surface area (Å²) in [7, 11) is 0. The molecule has 2 fully saturated rings. The number of carbonyl (C=O) groups excluding carboxylic acids is 1. The number of aromatic nitrogens is 1. The van der Waals surface area contributed by atoms with Gasteiger partial charge in [0.25, 0.3) is 0 Å². The molecule has 0 spiro atoms. The Bertz CT molecular complexity index is 439. The molecule has 3 atom stereocenters. The van der Waals surface area contributed by atoms with Crippen LogP contribution in [0.3, 0.4) is 0 Å². The summed E-state index contributed by atoms with van der Waals surface area (Å²) < 4.78 is 0.731. The largest absolute Gasteiger partial charge is 0.309 e. The SMILES string of the molecule is O=C(Nc1cccc(Br)n1)[C@@H]1C[C@H]2CC[C@H]2N1. The molecule has 2 N–H and O–H groups in total. The van der Waals surface area contributed by atoms with Crippen LogP contribution in [0.2, 0.25) is 0 Å². The van der Waals surface area contributed by atoms with Crippen molar-refractivity contribution in [3.8, 4) is 0 Å². The number of halogens is 1.